The van der Waals surface area contributed by atoms with E-state index in [2.05, 4.69) is 29.1 Å². The summed E-state index contributed by atoms with van der Waals surface area (Å²) < 4.78 is 24.0. The van der Waals surface area contributed by atoms with Gasteiger partial charge in [0.1, 0.15) is 34.0 Å². The fraction of sp³-hybridized carbons (Fsp3) is 0.587. The first kappa shape index (κ1) is 45.7. The van der Waals surface area contributed by atoms with Gasteiger partial charge in [-0.3, -0.25) is 19.4 Å². The van der Waals surface area contributed by atoms with Crippen molar-refractivity contribution in [2.24, 2.45) is 33.7 Å². The second-order valence-corrected chi connectivity index (χ2v) is 17.6. The molecule has 5 heterocycles. The quantitative estimate of drug-likeness (QED) is 0.205. The minimum Gasteiger partial charge on any atom is -0.507 e. The van der Waals surface area contributed by atoms with Gasteiger partial charge in [0.05, 0.1) is 41.2 Å². The van der Waals surface area contributed by atoms with Crippen molar-refractivity contribution in [3.63, 3.8) is 0 Å². The number of anilines is 1. The van der Waals surface area contributed by atoms with Gasteiger partial charge in [-0.2, -0.15) is 0 Å². The number of amides is 1. The number of fused-ring (bicyclic) bond motifs is 13. The van der Waals surface area contributed by atoms with Crippen LogP contribution in [0.15, 0.2) is 46.1 Å². The summed E-state index contributed by atoms with van der Waals surface area (Å²) in [5.74, 6) is -7.03. The summed E-state index contributed by atoms with van der Waals surface area (Å²) >= 11 is 0. The highest BCUT2D eigenvalue weighted by molar-refractivity contribution is 6.21. The third-order valence-corrected chi connectivity index (χ3v) is 13.4. The van der Waals surface area contributed by atoms with Gasteiger partial charge in [0, 0.05) is 93.1 Å². The number of phenols is 2. The topological polar surface area (TPSA) is 209 Å². The van der Waals surface area contributed by atoms with Gasteiger partial charge in [-0.15, -0.1) is 0 Å². The number of ether oxygens (including phenoxy) is 4. The van der Waals surface area contributed by atoms with Crippen LogP contribution in [0.5, 0.6) is 17.2 Å². The molecule has 1 amide bonds. The maximum Gasteiger partial charge on any atom is 0.312 e. The number of aliphatic hydroxyl groups excluding tert-OH is 2. The average molecular weight is 847 g/mol. The maximum atomic E-state index is 14.7. The van der Waals surface area contributed by atoms with E-state index in [0.29, 0.717) is 24.6 Å². The van der Waals surface area contributed by atoms with Crippen molar-refractivity contribution in [1.29, 1.82) is 0 Å². The van der Waals surface area contributed by atoms with Crippen molar-refractivity contribution in [1.82, 2.24) is 4.90 Å². The monoisotopic (exact) mass is 846 g/mol. The lowest BCUT2D eigenvalue weighted by Crippen LogP contribution is -2.49. The van der Waals surface area contributed by atoms with E-state index in [9.17, 15) is 34.8 Å². The molecule has 7 rings (SSSR count). The van der Waals surface area contributed by atoms with Crippen LogP contribution in [-0.4, -0.2) is 105 Å². The molecule has 0 aromatic heterocycles. The molecule has 332 valence electrons. The van der Waals surface area contributed by atoms with Gasteiger partial charge in [-0.1, -0.05) is 52.8 Å². The summed E-state index contributed by atoms with van der Waals surface area (Å²) in [6, 6.07) is 0.359. The van der Waals surface area contributed by atoms with Crippen LogP contribution in [0, 0.1) is 30.6 Å². The third-order valence-electron chi connectivity index (χ3n) is 13.4. The molecule has 5 aliphatic rings. The lowest BCUT2D eigenvalue weighted by atomic mass is 9.78. The molecular formula is C46H62N4O11. The molecule has 0 radical (unpaired) electrons. The van der Waals surface area contributed by atoms with E-state index >= 15 is 0 Å². The van der Waals surface area contributed by atoms with Crippen LogP contribution in [0.2, 0.25) is 0 Å². The van der Waals surface area contributed by atoms with E-state index in [1.165, 1.54) is 27.2 Å². The highest BCUT2D eigenvalue weighted by Gasteiger charge is 2.51. The summed E-state index contributed by atoms with van der Waals surface area (Å²) in [7, 11) is 1.47. The number of likely N-dealkylation sites (tertiary alicyclic amines) is 1. The number of rotatable bonds is 4. The van der Waals surface area contributed by atoms with Crippen LogP contribution in [0.25, 0.3) is 10.8 Å². The molecule has 5 bridgehead atoms. The molecule has 1 spiro atoms. The lowest BCUT2D eigenvalue weighted by Gasteiger charge is -2.40. The first-order valence-electron chi connectivity index (χ1n) is 21.3. The molecule has 2 aromatic rings. The zero-order valence-corrected chi connectivity index (χ0v) is 37.1. The Bertz CT molecular complexity index is 2300. The highest BCUT2D eigenvalue weighted by atomic mass is 16.7. The van der Waals surface area contributed by atoms with Crippen molar-refractivity contribution in [2.45, 2.75) is 130 Å². The van der Waals surface area contributed by atoms with Gasteiger partial charge < -0.3 is 49.6 Å². The number of Topliss-reactive ketones (excluding diaryl/α,β-unsaturated/α-hetero) is 1. The van der Waals surface area contributed by atoms with Crippen molar-refractivity contribution in [2.75, 3.05) is 25.5 Å². The van der Waals surface area contributed by atoms with Crippen molar-refractivity contribution in [3.05, 3.63) is 58.0 Å². The van der Waals surface area contributed by atoms with Crippen LogP contribution in [0.3, 0.4) is 0 Å². The number of aromatic hydroxyl groups is 2. The van der Waals surface area contributed by atoms with E-state index in [1.807, 2.05) is 0 Å². The van der Waals surface area contributed by atoms with E-state index in [-0.39, 0.29) is 49.7 Å². The second kappa shape index (κ2) is 17.5. The number of nitrogens with one attached hydrogen (secondary N) is 1. The van der Waals surface area contributed by atoms with Crippen molar-refractivity contribution < 1.29 is 53.8 Å². The van der Waals surface area contributed by atoms with Crippen molar-refractivity contribution >= 4 is 34.1 Å². The van der Waals surface area contributed by atoms with Crippen LogP contribution in [0.4, 0.5) is 5.69 Å². The van der Waals surface area contributed by atoms with Gasteiger partial charge >= 0.3 is 11.8 Å². The first-order chi connectivity index (χ1) is 28.7. The summed E-state index contributed by atoms with van der Waals surface area (Å²) in [4.78, 5) is 52.9. The fourth-order valence-corrected chi connectivity index (χ4v) is 9.21. The van der Waals surface area contributed by atoms with E-state index in [1.54, 1.807) is 65.8 Å². The van der Waals surface area contributed by atoms with Gasteiger partial charge in [-0.05, 0) is 33.3 Å². The molecule has 1 saturated heterocycles. The molecule has 2 aromatic carbocycles. The normalized spacial score (nSPS) is 33.1. The Balaban J connectivity index is 1.56. The molecule has 0 aliphatic carbocycles. The number of phenolic OH excluding ortho intramolecular Hbond substituents is 2. The van der Waals surface area contributed by atoms with Crippen LogP contribution in [0.1, 0.15) is 97.5 Å². The number of hydrogen-bond acceptors (Lipinski definition) is 14. The van der Waals surface area contributed by atoms with Gasteiger partial charge in [-0.25, -0.2) is 4.99 Å². The Morgan fingerprint density at radius 2 is 1.67 bits per heavy atom. The number of benzene rings is 2. The molecule has 15 heteroatoms. The van der Waals surface area contributed by atoms with Gasteiger partial charge in [0.25, 0.3) is 11.7 Å². The van der Waals surface area contributed by atoms with Crippen LogP contribution in [-0.2, 0) is 23.8 Å². The Morgan fingerprint density at radius 1 is 1.00 bits per heavy atom. The average Bonchev–Trinajstić information content (AvgIpc) is 3.73. The number of nitrogens with zero attached hydrogens (tertiary/aromatic N) is 3. The zero-order chi connectivity index (χ0) is 44.9. The molecule has 0 saturated carbocycles. The number of aliphatic hydroxyl groups is 2. The van der Waals surface area contributed by atoms with Crippen molar-refractivity contribution in [3.8, 4) is 17.2 Å². The molecule has 1 fully saturated rings. The lowest BCUT2D eigenvalue weighted by molar-refractivity contribution is -0.160. The molecular weight excluding hydrogens is 785 g/mol. The minimum absolute atomic E-state index is 0.0536. The number of allylic oxidation sites excluding steroid dienone is 2. The Hall–Kier alpha value is -4.83. The number of carbonyl (C=O) groups is 3. The minimum atomic E-state index is -1.95. The van der Waals surface area contributed by atoms with E-state index < -0.39 is 82.9 Å². The highest BCUT2D eigenvalue weighted by Crippen LogP contribution is 2.51. The summed E-state index contributed by atoms with van der Waals surface area (Å²) in [6.45, 7) is 18.6. The third kappa shape index (κ3) is 8.29. The standard InChI is InChI=1S/C46H62N4O11/c1-12-24(4)50-19-17-46(18-20-50)48-34-31-32-39(54)28(8)42-33(31)43(56)45(10,61-42)59-21-16-30(58-11)25(5)41(60-29(9)51)27(7)38(53)26(6)37(52)22(2)14-13-15-23(3)44(57)47-36(40(32)55)35(34)49-46/h13-16,21-22,24-27,30,37-38,41,48,52-55H,12,17-20H2,1-11H3/b14-13-,21-16-,23-15-,47-36?/t22-,24?,25+,26+,27+,30-,37-,38+,41+,45-/m0/s1. The number of ketones is 1. The predicted molar refractivity (Wildman–Crippen MR) is 228 cm³/mol. The molecule has 5 N–H and O–H groups in total. The summed E-state index contributed by atoms with van der Waals surface area (Å²) in [5, 5.41) is 50.6. The Morgan fingerprint density at radius 3 is 2.30 bits per heavy atom. The first-order valence-corrected chi connectivity index (χ1v) is 21.3. The van der Waals surface area contributed by atoms with E-state index in [4.69, 9.17) is 23.9 Å². The molecule has 15 nitrogen and oxygen atoms in total. The van der Waals surface area contributed by atoms with Crippen LogP contribution < -0.4 is 20.8 Å². The molecule has 5 aliphatic heterocycles. The Labute approximate surface area is 356 Å². The SMILES string of the molecule is CCC(C)N1CCC2(CC1)N=c1c(c3c4c5c(C)c(O)c3c(O)c1=NC(=O)/C(C)=C\C=C/[C@H](C)[C@H](O)[C@@H](C)[C@@H](O)[C@@H](C)[C@H](OC(C)=O)[C@H](C)[C@@H](OC)/C=C\O[C@@](C)(O5)C4=O)N2. The number of methoxy groups -OCH3 is 1. The number of hydrogen-bond donors (Lipinski definition) is 5. The van der Waals surface area contributed by atoms with Crippen LogP contribution >= 0.6 is 0 Å². The summed E-state index contributed by atoms with van der Waals surface area (Å²) in [6.07, 6.45) is 6.05. The maximum absolute atomic E-state index is 14.7. The number of esters is 1. The molecule has 61 heavy (non-hydrogen) atoms. The fourth-order valence-electron chi connectivity index (χ4n) is 9.21. The molecule has 10 atom stereocenters. The number of piperidine rings is 1. The van der Waals surface area contributed by atoms with Gasteiger partial charge in [0.15, 0.2) is 5.75 Å². The molecule has 1 unspecified atom stereocenters. The zero-order valence-electron chi connectivity index (χ0n) is 37.1. The van der Waals surface area contributed by atoms with Gasteiger partial charge in [0.2, 0.25) is 0 Å². The second-order valence-electron chi connectivity index (χ2n) is 17.6. The smallest absolute Gasteiger partial charge is 0.312 e. The predicted octanol–water partition coefficient (Wildman–Crippen LogP) is 4.89. The largest absolute Gasteiger partial charge is 0.507 e. The Kier molecular flexibility index (Phi) is 13.1. The van der Waals surface area contributed by atoms with E-state index in [0.717, 1.165) is 19.5 Å². The summed E-state index contributed by atoms with van der Waals surface area (Å²) in [5.41, 5.74) is -0.115. The number of carbonyl (C=O) groups excluding carboxylic acids is 3.